The summed E-state index contributed by atoms with van der Waals surface area (Å²) in [6.45, 7) is 0.253. The lowest BCUT2D eigenvalue weighted by atomic mass is 9.88. The molecule has 5 unspecified atom stereocenters. The van der Waals surface area contributed by atoms with Crippen molar-refractivity contribution < 1.29 is 31.1 Å². The van der Waals surface area contributed by atoms with E-state index in [0.717, 1.165) is 12.1 Å². The number of alkyl halides is 3. The number of hydrogen-bond acceptors (Lipinski definition) is 4. The molecule has 5 nitrogen and oxygen atoms in total. The number of hydrogen-bond donors (Lipinski definition) is 0. The van der Waals surface area contributed by atoms with Gasteiger partial charge in [0.25, 0.3) is 0 Å². The summed E-state index contributed by atoms with van der Waals surface area (Å²) in [7, 11) is -3.54. The van der Waals surface area contributed by atoms with E-state index >= 15 is 0 Å². The quantitative estimate of drug-likeness (QED) is 0.750. The molecule has 4 aliphatic rings. The van der Waals surface area contributed by atoms with Gasteiger partial charge in [-0.2, -0.15) is 17.5 Å². The van der Waals surface area contributed by atoms with Crippen molar-refractivity contribution in [2.45, 2.75) is 48.3 Å². The Balaban J connectivity index is 1.40. The molecule has 0 radical (unpaired) electrons. The zero-order valence-electron chi connectivity index (χ0n) is 12.4. The van der Waals surface area contributed by atoms with Gasteiger partial charge in [0.1, 0.15) is 23.1 Å². The monoisotopic (exact) mass is 361 g/mol. The van der Waals surface area contributed by atoms with E-state index in [0.29, 0.717) is 12.0 Å². The van der Waals surface area contributed by atoms with Gasteiger partial charge in [-0.15, -0.1) is 0 Å². The zero-order chi connectivity index (χ0) is 16.9. The molecule has 1 spiro atoms. The summed E-state index contributed by atoms with van der Waals surface area (Å²) in [5.74, 6) is 0. The molecule has 0 aromatic heterocycles. The van der Waals surface area contributed by atoms with Gasteiger partial charge in [0, 0.05) is 13.1 Å². The molecule has 4 heterocycles. The highest BCUT2D eigenvalue weighted by Gasteiger charge is 2.79. The minimum Gasteiger partial charge on any atom is -0.364 e. The maximum atomic E-state index is 12.8. The first-order chi connectivity index (χ1) is 11.2. The van der Waals surface area contributed by atoms with E-state index in [-0.39, 0.29) is 31.4 Å². The summed E-state index contributed by atoms with van der Waals surface area (Å²) in [4.78, 5) is 0. The van der Waals surface area contributed by atoms with Crippen molar-refractivity contribution >= 4 is 10.0 Å². The average Bonchev–Trinajstić information content (AvgIpc) is 3.11. The first-order valence-electron chi connectivity index (χ1n) is 7.70. The molecule has 0 N–H and O–H groups in total. The van der Waals surface area contributed by atoms with Crippen molar-refractivity contribution in [3.63, 3.8) is 0 Å². The summed E-state index contributed by atoms with van der Waals surface area (Å²) in [6.07, 6.45) is -4.24. The summed E-state index contributed by atoms with van der Waals surface area (Å²) < 4.78 is 76.2. The van der Waals surface area contributed by atoms with Gasteiger partial charge in [-0.1, -0.05) is 12.1 Å². The molecule has 4 saturated heterocycles. The van der Waals surface area contributed by atoms with E-state index in [1.54, 1.807) is 0 Å². The molecule has 5 rings (SSSR count). The lowest BCUT2D eigenvalue weighted by molar-refractivity contribution is -0.137. The molecule has 2 bridgehead atoms. The Bertz CT molecular complexity index is 809. The van der Waals surface area contributed by atoms with E-state index in [1.165, 1.54) is 16.4 Å². The number of benzene rings is 1. The number of fused-ring (bicyclic) bond motifs is 3. The molecule has 130 valence electrons. The largest absolute Gasteiger partial charge is 0.416 e. The van der Waals surface area contributed by atoms with E-state index in [2.05, 4.69) is 0 Å². The molecule has 9 heteroatoms. The number of nitrogens with zero attached hydrogens (tertiary/aromatic N) is 1. The molecule has 1 aromatic rings. The second-order valence-electron chi connectivity index (χ2n) is 6.86. The Hall–Kier alpha value is -1.16. The van der Waals surface area contributed by atoms with Gasteiger partial charge < -0.3 is 9.47 Å². The summed E-state index contributed by atoms with van der Waals surface area (Å²) in [5, 5.41) is -0.604. The Kier molecular flexibility index (Phi) is 2.72. The summed E-state index contributed by atoms with van der Waals surface area (Å²) >= 11 is 0. The Morgan fingerprint density at radius 2 is 1.96 bits per heavy atom. The average molecular weight is 361 g/mol. The highest BCUT2D eigenvalue weighted by molar-refractivity contribution is 7.90. The smallest absolute Gasteiger partial charge is 0.364 e. The van der Waals surface area contributed by atoms with Crippen LogP contribution < -0.4 is 0 Å². The predicted molar refractivity (Wildman–Crippen MR) is 75.4 cm³/mol. The van der Waals surface area contributed by atoms with Crippen molar-refractivity contribution in [2.24, 2.45) is 0 Å². The number of ether oxygens (including phenoxy) is 2. The van der Waals surface area contributed by atoms with Crippen LogP contribution in [0.3, 0.4) is 0 Å². The normalized spacial score (nSPS) is 42.1. The third kappa shape index (κ3) is 1.84. The van der Waals surface area contributed by atoms with Crippen molar-refractivity contribution in [1.82, 2.24) is 4.31 Å². The fourth-order valence-electron chi connectivity index (χ4n) is 4.36. The minimum atomic E-state index is -4.40. The van der Waals surface area contributed by atoms with Crippen LogP contribution in [0.2, 0.25) is 0 Å². The van der Waals surface area contributed by atoms with Crippen molar-refractivity contribution in [3.05, 3.63) is 35.4 Å². The summed E-state index contributed by atoms with van der Waals surface area (Å²) in [6, 6.07) is 4.58. The van der Waals surface area contributed by atoms with Crippen molar-refractivity contribution in [2.75, 3.05) is 6.54 Å². The fraction of sp³-hybridized carbons (Fsp3) is 0.600. The van der Waals surface area contributed by atoms with Crippen LogP contribution in [0.25, 0.3) is 0 Å². The molecule has 0 aliphatic carbocycles. The van der Waals surface area contributed by atoms with Crippen molar-refractivity contribution in [3.8, 4) is 0 Å². The second-order valence-corrected chi connectivity index (χ2v) is 8.98. The second kappa shape index (κ2) is 4.32. The molecule has 0 saturated carbocycles. The Morgan fingerprint density at radius 1 is 1.25 bits per heavy atom. The maximum absolute atomic E-state index is 12.8. The standard InChI is InChI=1S/C15H14F3NO4S/c16-15(17,18)9-3-1-8(2-4-9)6-19-7-14-11(24(19,20)21)5-10(23-14)12-13(14)22-12/h1-4,10-13H,5-7H2. The molecular formula is C15H14F3NO4S. The van der Waals surface area contributed by atoms with Gasteiger partial charge >= 0.3 is 6.18 Å². The topological polar surface area (TPSA) is 59.1 Å². The van der Waals surface area contributed by atoms with E-state index in [4.69, 9.17) is 9.47 Å². The first kappa shape index (κ1) is 15.1. The van der Waals surface area contributed by atoms with Gasteiger partial charge in [0.2, 0.25) is 10.0 Å². The number of halogens is 3. The minimum absolute atomic E-state index is 0.0162. The van der Waals surface area contributed by atoms with E-state index in [9.17, 15) is 21.6 Å². The van der Waals surface area contributed by atoms with E-state index in [1.807, 2.05) is 0 Å². The molecule has 4 fully saturated rings. The zero-order valence-corrected chi connectivity index (χ0v) is 13.2. The van der Waals surface area contributed by atoms with Gasteiger partial charge in [0.15, 0.2) is 0 Å². The van der Waals surface area contributed by atoms with E-state index < -0.39 is 32.6 Å². The molecule has 4 aliphatic heterocycles. The van der Waals surface area contributed by atoms with Crippen LogP contribution >= 0.6 is 0 Å². The Labute approximate surface area is 136 Å². The van der Waals surface area contributed by atoms with Crippen LogP contribution in [0.15, 0.2) is 24.3 Å². The Morgan fingerprint density at radius 3 is 2.58 bits per heavy atom. The fourth-order valence-corrected chi connectivity index (χ4v) is 6.64. The molecule has 0 amide bonds. The van der Waals surface area contributed by atoms with Crippen molar-refractivity contribution in [1.29, 1.82) is 0 Å². The number of sulfonamides is 1. The third-order valence-corrected chi connectivity index (χ3v) is 7.81. The highest BCUT2D eigenvalue weighted by atomic mass is 32.2. The molecular weight excluding hydrogens is 347 g/mol. The van der Waals surface area contributed by atoms with Crippen LogP contribution in [-0.2, 0) is 32.2 Å². The van der Waals surface area contributed by atoms with Crippen LogP contribution in [-0.4, -0.2) is 48.4 Å². The lowest BCUT2D eigenvalue weighted by Gasteiger charge is -2.22. The maximum Gasteiger partial charge on any atom is 0.416 e. The number of rotatable bonds is 2. The van der Waals surface area contributed by atoms with Crippen LogP contribution in [0, 0.1) is 0 Å². The van der Waals surface area contributed by atoms with Gasteiger partial charge in [-0.3, -0.25) is 0 Å². The lowest BCUT2D eigenvalue weighted by Crippen LogP contribution is -2.44. The molecule has 1 aromatic carbocycles. The highest BCUT2D eigenvalue weighted by Crippen LogP contribution is 2.60. The number of epoxide rings is 1. The first-order valence-corrected chi connectivity index (χ1v) is 9.20. The van der Waals surface area contributed by atoms with Crippen LogP contribution in [0.4, 0.5) is 13.2 Å². The molecule has 24 heavy (non-hydrogen) atoms. The van der Waals surface area contributed by atoms with Gasteiger partial charge in [-0.05, 0) is 24.1 Å². The molecule has 5 atom stereocenters. The van der Waals surface area contributed by atoms with Gasteiger partial charge in [0.05, 0.1) is 11.7 Å². The predicted octanol–water partition coefficient (Wildman–Crippen LogP) is 1.53. The third-order valence-electron chi connectivity index (χ3n) is 5.52. The SMILES string of the molecule is O=S1(=O)C2CC3OC2(CN1Cc1ccc(C(F)(F)F)cc1)C1OC31. The summed E-state index contributed by atoms with van der Waals surface area (Å²) in [5.41, 5.74) is -1.02. The van der Waals surface area contributed by atoms with Crippen LogP contribution in [0.5, 0.6) is 0 Å². The van der Waals surface area contributed by atoms with Gasteiger partial charge in [-0.25, -0.2) is 8.42 Å². The van der Waals surface area contributed by atoms with Crippen LogP contribution in [0.1, 0.15) is 17.5 Å².